The van der Waals surface area contributed by atoms with Gasteiger partial charge in [-0.05, 0) is 65.0 Å². The fraction of sp³-hybridized carbons (Fsp3) is 0.417. The minimum Gasteiger partial charge on any atom is -0.265 e. The maximum Gasteiger partial charge on any atom is 0.124 e. The Morgan fingerprint density at radius 2 is 1.59 bits per heavy atom. The number of hydrogen-bond acceptors (Lipinski definition) is 3. The van der Waals surface area contributed by atoms with Gasteiger partial charge in [-0.25, -0.2) is 4.98 Å². The van der Waals surface area contributed by atoms with Crippen molar-refractivity contribution in [2.45, 2.75) is 64.7 Å². The lowest BCUT2D eigenvalue weighted by Gasteiger charge is -2.42. The van der Waals surface area contributed by atoms with E-state index in [1.165, 1.54) is 35.1 Å². The average molecular weight is 377 g/mol. The number of aryl methyl sites for hydroxylation is 1. The van der Waals surface area contributed by atoms with Crippen LogP contribution < -0.4 is 0 Å². The van der Waals surface area contributed by atoms with E-state index >= 15 is 0 Å². The highest BCUT2D eigenvalue weighted by molar-refractivity contribution is 7.13. The molecule has 0 atom stereocenters. The monoisotopic (exact) mass is 376 g/mol. The van der Waals surface area contributed by atoms with Gasteiger partial charge < -0.3 is 0 Å². The summed E-state index contributed by atoms with van der Waals surface area (Å²) in [6, 6.07) is 8.97. The lowest BCUT2D eigenvalue weighted by Crippen LogP contribution is -2.34. The van der Waals surface area contributed by atoms with E-state index in [2.05, 4.69) is 57.1 Å². The third-order valence-corrected chi connectivity index (χ3v) is 7.06. The molecule has 0 amide bonds. The van der Waals surface area contributed by atoms with Gasteiger partial charge >= 0.3 is 0 Å². The molecular weight excluding hydrogens is 348 g/mol. The second-order valence-corrected chi connectivity index (χ2v) is 9.81. The molecule has 3 heteroatoms. The normalized spacial score (nSPS) is 17.5. The molecule has 0 saturated carbocycles. The van der Waals surface area contributed by atoms with E-state index in [1.807, 2.05) is 24.5 Å². The van der Waals surface area contributed by atoms with Crippen molar-refractivity contribution < 1.29 is 0 Å². The van der Waals surface area contributed by atoms with Gasteiger partial charge in [0.1, 0.15) is 5.01 Å². The molecule has 0 aliphatic heterocycles. The molecule has 4 rings (SSSR count). The molecule has 3 aromatic rings. The van der Waals surface area contributed by atoms with Crippen LogP contribution in [0.4, 0.5) is 0 Å². The predicted octanol–water partition coefficient (Wildman–Crippen LogP) is 6.78. The molecule has 0 radical (unpaired) electrons. The van der Waals surface area contributed by atoms with E-state index in [1.54, 1.807) is 11.3 Å². The van der Waals surface area contributed by atoms with Crippen molar-refractivity contribution in [3.8, 4) is 21.8 Å². The number of hydrogen-bond donors (Lipinski definition) is 0. The van der Waals surface area contributed by atoms with Crippen molar-refractivity contribution in [2.75, 3.05) is 0 Å². The van der Waals surface area contributed by atoms with E-state index in [0.717, 1.165) is 22.7 Å². The summed E-state index contributed by atoms with van der Waals surface area (Å²) in [5, 5.41) is 3.27. The zero-order valence-corrected chi connectivity index (χ0v) is 17.8. The first-order chi connectivity index (χ1) is 12.8. The van der Waals surface area contributed by atoms with Crippen LogP contribution >= 0.6 is 11.3 Å². The molecule has 2 heterocycles. The highest BCUT2D eigenvalue weighted by Crippen LogP contribution is 2.48. The van der Waals surface area contributed by atoms with Crippen molar-refractivity contribution in [3.05, 3.63) is 58.7 Å². The quantitative estimate of drug-likeness (QED) is 0.503. The van der Waals surface area contributed by atoms with Crippen LogP contribution in [0.5, 0.6) is 0 Å². The van der Waals surface area contributed by atoms with Crippen LogP contribution in [-0.2, 0) is 17.3 Å². The second-order valence-electron chi connectivity index (χ2n) is 8.95. The van der Waals surface area contributed by atoms with Gasteiger partial charge in [0, 0.05) is 28.9 Å². The lowest BCUT2D eigenvalue weighted by atomic mass is 9.62. The Bertz CT molecular complexity index is 967. The Hall–Kier alpha value is -2.00. The van der Waals surface area contributed by atoms with E-state index in [4.69, 9.17) is 4.98 Å². The lowest BCUT2D eigenvalue weighted by molar-refractivity contribution is 0.331. The first-order valence-corrected chi connectivity index (χ1v) is 10.7. The summed E-state index contributed by atoms with van der Waals surface area (Å²) in [7, 11) is 0. The van der Waals surface area contributed by atoms with E-state index in [-0.39, 0.29) is 10.8 Å². The Labute approximate surface area is 166 Å². The van der Waals surface area contributed by atoms with Gasteiger partial charge in [0.25, 0.3) is 0 Å². The van der Waals surface area contributed by atoms with Crippen LogP contribution in [0.2, 0.25) is 0 Å². The number of benzene rings is 1. The highest BCUT2D eigenvalue weighted by Gasteiger charge is 2.37. The van der Waals surface area contributed by atoms with Gasteiger partial charge in [-0.15, -0.1) is 11.3 Å². The Kier molecular flexibility index (Phi) is 4.46. The number of thiazole rings is 1. The van der Waals surface area contributed by atoms with Gasteiger partial charge in [0.15, 0.2) is 0 Å². The summed E-state index contributed by atoms with van der Waals surface area (Å²) >= 11 is 1.71. The third-order valence-electron chi connectivity index (χ3n) is 6.16. The molecule has 0 unspecified atom stereocenters. The zero-order chi connectivity index (χ0) is 19.2. The van der Waals surface area contributed by atoms with Crippen LogP contribution in [-0.4, -0.2) is 9.97 Å². The molecule has 2 nitrogen and oxygen atoms in total. The fourth-order valence-corrected chi connectivity index (χ4v) is 5.04. The zero-order valence-electron chi connectivity index (χ0n) is 17.0. The van der Waals surface area contributed by atoms with Gasteiger partial charge in [-0.1, -0.05) is 40.7 Å². The molecule has 0 fully saturated rings. The van der Waals surface area contributed by atoms with Crippen molar-refractivity contribution in [1.29, 1.82) is 0 Å². The molecule has 1 aliphatic carbocycles. The molecular formula is C24H28N2S. The molecule has 1 aliphatic rings. The SMILES string of the molecule is CCc1cc2c(cc1-c1csc(-c3ccncc3)n1)C(C)(C)CCC2(C)C. The number of aromatic nitrogens is 2. The highest BCUT2D eigenvalue weighted by atomic mass is 32.1. The van der Waals surface area contributed by atoms with Gasteiger partial charge in [-0.2, -0.15) is 0 Å². The molecule has 0 N–H and O–H groups in total. The first-order valence-electron chi connectivity index (χ1n) is 9.86. The summed E-state index contributed by atoms with van der Waals surface area (Å²) < 4.78 is 0. The second kappa shape index (κ2) is 6.56. The number of pyridine rings is 1. The largest absolute Gasteiger partial charge is 0.265 e. The summed E-state index contributed by atoms with van der Waals surface area (Å²) in [5.74, 6) is 0. The maximum absolute atomic E-state index is 4.98. The molecule has 0 spiro atoms. The molecule has 1 aromatic carbocycles. The molecule has 27 heavy (non-hydrogen) atoms. The first kappa shape index (κ1) is 18.4. The number of fused-ring (bicyclic) bond motifs is 1. The maximum atomic E-state index is 4.98. The standard InChI is InChI=1S/C24H28N2S/c1-6-16-13-19-20(24(4,5)10-9-23(19,2)3)14-18(16)21-15-27-22(26-21)17-7-11-25-12-8-17/h7-8,11-15H,6,9-10H2,1-5H3. The van der Waals surface area contributed by atoms with Gasteiger partial charge in [-0.3, -0.25) is 4.98 Å². The summed E-state index contributed by atoms with van der Waals surface area (Å²) in [5.41, 5.74) is 8.45. The smallest absolute Gasteiger partial charge is 0.124 e. The van der Waals surface area contributed by atoms with E-state index < -0.39 is 0 Å². The van der Waals surface area contributed by atoms with Gasteiger partial charge in [0.2, 0.25) is 0 Å². The Morgan fingerprint density at radius 1 is 0.963 bits per heavy atom. The number of rotatable bonds is 3. The van der Waals surface area contributed by atoms with Crippen molar-refractivity contribution in [2.24, 2.45) is 0 Å². The Morgan fingerprint density at radius 3 is 2.22 bits per heavy atom. The summed E-state index contributed by atoms with van der Waals surface area (Å²) in [6.07, 6.45) is 7.17. The fourth-order valence-electron chi connectivity index (χ4n) is 4.21. The van der Waals surface area contributed by atoms with Crippen molar-refractivity contribution in [1.82, 2.24) is 9.97 Å². The average Bonchev–Trinajstić information content (AvgIpc) is 3.15. The third kappa shape index (κ3) is 3.23. The summed E-state index contributed by atoms with van der Waals surface area (Å²) in [4.78, 5) is 9.10. The molecule has 0 bridgehead atoms. The van der Waals surface area contributed by atoms with Crippen molar-refractivity contribution >= 4 is 11.3 Å². The van der Waals surface area contributed by atoms with Crippen molar-refractivity contribution in [3.63, 3.8) is 0 Å². The van der Waals surface area contributed by atoms with Crippen LogP contribution in [0.25, 0.3) is 21.8 Å². The molecule has 140 valence electrons. The van der Waals surface area contributed by atoms with Gasteiger partial charge in [0.05, 0.1) is 5.69 Å². The minimum atomic E-state index is 0.218. The number of nitrogens with zero attached hydrogens (tertiary/aromatic N) is 2. The summed E-state index contributed by atoms with van der Waals surface area (Å²) in [6.45, 7) is 11.8. The predicted molar refractivity (Wildman–Crippen MR) is 115 cm³/mol. The minimum absolute atomic E-state index is 0.218. The Balaban J connectivity index is 1.86. The molecule has 2 aromatic heterocycles. The van der Waals surface area contributed by atoms with Crippen LogP contribution in [0.3, 0.4) is 0 Å². The van der Waals surface area contributed by atoms with Crippen LogP contribution in [0.15, 0.2) is 42.0 Å². The van der Waals surface area contributed by atoms with Crippen LogP contribution in [0.1, 0.15) is 64.2 Å². The van der Waals surface area contributed by atoms with E-state index in [0.29, 0.717) is 0 Å². The van der Waals surface area contributed by atoms with E-state index in [9.17, 15) is 0 Å². The molecule has 0 saturated heterocycles. The van der Waals surface area contributed by atoms with Crippen LogP contribution in [0, 0.1) is 0 Å². The topological polar surface area (TPSA) is 25.8 Å².